The lowest BCUT2D eigenvalue weighted by molar-refractivity contribution is -0.120. The maximum Gasteiger partial charge on any atom is 0.264 e. The highest BCUT2D eigenvalue weighted by atomic mass is 35.5. The first-order valence-electron chi connectivity index (χ1n) is 6.01. The molecule has 2 aromatic rings. The third-order valence-electron chi connectivity index (χ3n) is 2.80. The number of nitrogens with zero attached hydrogens (tertiary/aromatic N) is 1. The second kappa shape index (κ2) is 6.30. The first-order valence-corrected chi connectivity index (χ1v) is 6.38. The average molecular weight is 292 g/mol. The van der Waals surface area contributed by atoms with E-state index >= 15 is 0 Å². The lowest BCUT2D eigenvalue weighted by atomic mass is 10.3. The van der Waals surface area contributed by atoms with E-state index in [2.05, 4.69) is 0 Å². The van der Waals surface area contributed by atoms with Crippen molar-refractivity contribution in [2.45, 2.75) is 0 Å². The summed E-state index contributed by atoms with van der Waals surface area (Å²) >= 11 is 5.94. The van der Waals surface area contributed by atoms with Gasteiger partial charge in [0.2, 0.25) is 0 Å². The predicted molar refractivity (Wildman–Crippen MR) is 78.5 cm³/mol. The lowest BCUT2D eigenvalue weighted by Gasteiger charge is -2.17. The number of halogens is 1. The number of phenols is 1. The van der Waals surface area contributed by atoms with Crippen LogP contribution < -0.4 is 9.64 Å². The molecule has 0 bridgehead atoms. The van der Waals surface area contributed by atoms with Crippen molar-refractivity contribution in [2.75, 3.05) is 18.6 Å². The minimum atomic E-state index is -0.212. The minimum absolute atomic E-state index is 0.110. The smallest absolute Gasteiger partial charge is 0.264 e. The Morgan fingerprint density at radius 3 is 2.50 bits per heavy atom. The fourth-order valence-corrected chi connectivity index (χ4v) is 1.81. The molecule has 5 heteroatoms. The normalized spacial score (nSPS) is 10.1. The van der Waals surface area contributed by atoms with E-state index in [9.17, 15) is 9.90 Å². The van der Waals surface area contributed by atoms with Gasteiger partial charge in [-0.2, -0.15) is 0 Å². The van der Waals surface area contributed by atoms with Gasteiger partial charge >= 0.3 is 0 Å². The van der Waals surface area contributed by atoms with Crippen LogP contribution in [0.5, 0.6) is 11.5 Å². The SMILES string of the molecule is CN(C(=O)COc1ccccc1Cl)c1ccc(O)cc1. The highest BCUT2D eigenvalue weighted by molar-refractivity contribution is 6.32. The first kappa shape index (κ1) is 14.2. The van der Waals surface area contributed by atoms with E-state index in [0.717, 1.165) is 0 Å². The summed E-state index contributed by atoms with van der Waals surface area (Å²) < 4.78 is 5.39. The number of anilines is 1. The van der Waals surface area contributed by atoms with Gasteiger partial charge in [0.25, 0.3) is 5.91 Å². The van der Waals surface area contributed by atoms with Crippen LogP contribution in [0.25, 0.3) is 0 Å². The molecule has 4 nitrogen and oxygen atoms in total. The number of amides is 1. The lowest BCUT2D eigenvalue weighted by Crippen LogP contribution is -2.31. The molecule has 0 atom stereocenters. The standard InChI is InChI=1S/C15H14ClNO3/c1-17(11-6-8-12(18)9-7-11)15(19)10-20-14-5-3-2-4-13(14)16/h2-9,18H,10H2,1H3. The van der Waals surface area contributed by atoms with Gasteiger partial charge in [-0.3, -0.25) is 4.79 Å². The molecular formula is C15H14ClNO3. The molecule has 20 heavy (non-hydrogen) atoms. The van der Waals surface area contributed by atoms with Crippen molar-refractivity contribution in [3.05, 3.63) is 53.6 Å². The van der Waals surface area contributed by atoms with E-state index in [1.165, 1.54) is 17.0 Å². The van der Waals surface area contributed by atoms with Crippen molar-refractivity contribution in [1.82, 2.24) is 0 Å². The summed E-state index contributed by atoms with van der Waals surface area (Å²) in [6.45, 7) is -0.110. The van der Waals surface area contributed by atoms with Crippen molar-refractivity contribution in [1.29, 1.82) is 0 Å². The van der Waals surface area contributed by atoms with Crippen LogP contribution in [0.1, 0.15) is 0 Å². The highest BCUT2D eigenvalue weighted by Gasteiger charge is 2.12. The first-order chi connectivity index (χ1) is 9.58. The zero-order valence-corrected chi connectivity index (χ0v) is 11.7. The molecule has 1 amide bonds. The van der Waals surface area contributed by atoms with Crippen molar-refractivity contribution < 1.29 is 14.6 Å². The summed E-state index contributed by atoms with van der Waals surface area (Å²) in [6, 6.07) is 13.3. The monoisotopic (exact) mass is 291 g/mol. The number of hydrogen-bond donors (Lipinski definition) is 1. The number of benzene rings is 2. The summed E-state index contributed by atoms with van der Waals surface area (Å²) in [5.74, 6) is 0.416. The molecule has 0 fully saturated rings. The van der Waals surface area contributed by atoms with Gasteiger partial charge in [0.05, 0.1) is 5.02 Å². The predicted octanol–water partition coefficient (Wildman–Crippen LogP) is 3.09. The number of hydrogen-bond acceptors (Lipinski definition) is 3. The number of rotatable bonds is 4. The largest absolute Gasteiger partial charge is 0.508 e. The molecule has 0 aliphatic rings. The molecule has 1 N–H and O–H groups in total. The number of para-hydroxylation sites is 1. The average Bonchev–Trinajstić information content (AvgIpc) is 2.46. The summed E-state index contributed by atoms with van der Waals surface area (Å²) in [5.41, 5.74) is 0.676. The highest BCUT2D eigenvalue weighted by Crippen LogP contribution is 2.23. The molecule has 0 saturated heterocycles. The minimum Gasteiger partial charge on any atom is -0.508 e. The van der Waals surface area contributed by atoms with Gasteiger partial charge in [0.1, 0.15) is 11.5 Å². The molecule has 0 spiro atoms. The van der Waals surface area contributed by atoms with Crippen LogP contribution in [-0.2, 0) is 4.79 Å². The van der Waals surface area contributed by atoms with Crippen LogP contribution in [0.15, 0.2) is 48.5 Å². The zero-order valence-electron chi connectivity index (χ0n) is 10.9. The maximum absolute atomic E-state index is 12.0. The maximum atomic E-state index is 12.0. The zero-order chi connectivity index (χ0) is 14.5. The Bertz CT molecular complexity index is 598. The molecule has 0 unspecified atom stereocenters. The molecule has 0 aromatic heterocycles. The number of phenolic OH excluding ortho intramolecular Hbond substituents is 1. The molecule has 0 aliphatic carbocycles. The van der Waals surface area contributed by atoms with Gasteiger partial charge < -0.3 is 14.7 Å². The van der Waals surface area contributed by atoms with Crippen molar-refractivity contribution in [3.8, 4) is 11.5 Å². The number of aromatic hydroxyl groups is 1. The molecule has 0 saturated carbocycles. The van der Waals surface area contributed by atoms with E-state index in [1.54, 1.807) is 43.4 Å². The Morgan fingerprint density at radius 1 is 1.20 bits per heavy atom. The van der Waals surface area contributed by atoms with Gasteiger partial charge in [0, 0.05) is 12.7 Å². The van der Waals surface area contributed by atoms with Crippen molar-refractivity contribution in [2.24, 2.45) is 0 Å². The second-order valence-electron chi connectivity index (χ2n) is 4.19. The summed E-state index contributed by atoms with van der Waals surface area (Å²) in [6.07, 6.45) is 0. The van der Waals surface area contributed by atoms with Crippen molar-refractivity contribution >= 4 is 23.2 Å². The summed E-state index contributed by atoms with van der Waals surface area (Å²) in [7, 11) is 1.64. The van der Waals surface area contributed by atoms with Crippen LogP contribution >= 0.6 is 11.6 Å². The molecule has 2 rings (SSSR count). The van der Waals surface area contributed by atoms with Gasteiger partial charge in [-0.25, -0.2) is 0 Å². The molecule has 0 radical (unpaired) electrons. The number of likely N-dealkylation sites (N-methyl/N-ethyl adjacent to an activating group) is 1. The van der Waals surface area contributed by atoms with E-state index in [0.29, 0.717) is 16.5 Å². The van der Waals surface area contributed by atoms with Crippen LogP contribution in [0.4, 0.5) is 5.69 Å². The van der Waals surface area contributed by atoms with Crippen LogP contribution in [0.2, 0.25) is 5.02 Å². The summed E-state index contributed by atoms with van der Waals surface area (Å²) in [5, 5.41) is 9.68. The van der Waals surface area contributed by atoms with Gasteiger partial charge in [0.15, 0.2) is 6.61 Å². The van der Waals surface area contributed by atoms with Gasteiger partial charge in [-0.15, -0.1) is 0 Å². The van der Waals surface area contributed by atoms with E-state index < -0.39 is 0 Å². The summed E-state index contributed by atoms with van der Waals surface area (Å²) in [4.78, 5) is 13.5. The number of carbonyl (C=O) groups is 1. The molecule has 104 valence electrons. The third kappa shape index (κ3) is 3.42. The fraction of sp³-hybridized carbons (Fsp3) is 0.133. The van der Waals surface area contributed by atoms with Gasteiger partial charge in [-0.05, 0) is 36.4 Å². The molecular weight excluding hydrogens is 278 g/mol. The van der Waals surface area contributed by atoms with E-state index in [4.69, 9.17) is 16.3 Å². The van der Waals surface area contributed by atoms with Crippen LogP contribution in [0.3, 0.4) is 0 Å². The van der Waals surface area contributed by atoms with E-state index in [-0.39, 0.29) is 18.3 Å². The van der Waals surface area contributed by atoms with Crippen LogP contribution in [0, 0.1) is 0 Å². The topological polar surface area (TPSA) is 49.8 Å². The number of carbonyl (C=O) groups excluding carboxylic acids is 1. The Kier molecular flexibility index (Phi) is 4.48. The van der Waals surface area contributed by atoms with Crippen LogP contribution in [-0.4, -0.2) is 24.7 Å². The van der Waals surface area contributed by atoms with E-state index in [1.807, 2.05) is 0 Å². The Balaban J connectivity index is 1.98. The van der Waals surface area contributed by atoms with Crippen molar-refractivity contribution in [3.63, 3.8) is 0 Å². The number of ether oxygens (including phenoxy) is 1. The second-order valence-corrected chi connectivity index (χ2v) is 4.60. The molecule has 2 aromatic carbocycles. The Morgan fingerprint density at radius 2 is 1.85 bits per heavy atom. The van der Waals surface area contributed by atoms with Gasteiger partial charge in [-0.1, -0.05) is 23.7 Å². The molecule has 0 heterocycles. The quantitative estimate of drug-likeness (QED) is 0.942. The Hall–Kier alpha value is -2.20. The fourth-order valence-electron chi connectivity index (χ4n) is 1.62. The third-order valence-corrected chi connectivity index (χ3v) is 3.11. The molecule has 0 aliphatic heterocycles. The Labute approximate surface area is 122 Å².